The molecule has 144 valence electrons. The van der Waals surface area contributed by atoms with Gasteiger partial charge in [0, 0.05) is 18.4 Å². The van der Waals surface area contributed by atoms with Gasteiger partial charge in [0.2, 0.25) is 5.91 Å². The lowest BCUT2D eigenvalue weighted by atomic mass is 10.0. The van der Waals surface area contributed by atoms with Gasteiger partial charge >= 0.3 is 0 Å². The Hall–Kier alpha value is -2.46. The highest BCUT2D eigenvalue weighted by atomic mass is 16.3. The minimum absolute atomic E-state index is 0.190. The SMILES string of the molecule is NC(=O)CCCC=CCC1=C(C=C[C@@H](O)CCc2ccccc2)CCC1=O. The largest absolute Gasteiger partial charge is 0.389 e. The highest BCUT2D eigenvalue weighted by Crippen LogP contribution is 2.27. The molecular weight excluding hydrogens is 338 g/mol. The smallest absolute Gasteiger partial charge is 0.217 e. The molecule has 3 N–H and O–H groups in total. The van der Waals surface area contributed by atoms with Gasteiger partial charge in [-0.15, -0.1) is 0 Å². The number of unbranched alkanes of at least 4 members (excludes halogenated alkanes) is 1. The van der Waals surface area contributed by atoms with E-state index in [4.69, 9.17) is 5.73 Å². The lowest BCUT2D eigenvalue weighted by molar-refractivity contribution is -0.118. The average Bonchev–Trinajstić information content (AvgIpc) is 3.01. The Balaban J connectivity index is 1.83. The molecule has 1 atom stereocenters. The standard InChI is InChI=1S/C23H29NO3/c24-23(27)11-7-2-1-6-10-21-19(14-17-22(21)26)13-16-20(25)15-12-18-8-4-3-5-9-18/h1,3-6,8-9,13,16,20,25H,2,7,10-12,14-15,17H2,(H2,24,27)/t20-/m0/s1. The molecule has 1 aromatic carbocycles. The Labute approximate surface area is 161 Å². The Morgan fingerprint density at radius 3 is 2.70 bits per heavy atom. The van der Waals surface area contributed by atoms with E-state index >= 15 is 0 Å². The minimum atomic E-state index is -0.515. The van der Waals surface area contributed by atoms with Crippen LogP contribution >= 0.6 is 0 Å². The maximum absolute atomic E-state index is 12.1. The van der Waals surface area contributed by atoms with Gasteiger partial charge in [0.05, 0.1) is 6.10 Å². The number of Topliss-reactive ketones (excluding diaryl/α,β-unsaturated/α-hetero) is 1. The highest BCUT2D eigenvalue weighted by molar-refractivity contribution is 5.99. The normalized spacial score (nSPS) is 16.0. The molecule has 0 saturated heterocycles. The molecule has 0 bridgehead atoms. The van der Waals surface area contributed by atoms with Gasteiger partial charge in [-0.3, -0.25) is 9.59 Å². The molecule has 4 heteroatoms. The summed E-state index contributed by atoms with van der Waals surface area (Å²) in [4.78, 5) is 22.8. The lowest BCUT2D eigenvalue weighted by Gasteiger charge is -2.06. The van der Waals surface area contributed by atoms with E-state index in [1.165, 1.54) is 5.56 Å². The van der Waals surface area contributed by atoms with Crippen LogP contribution in [0.4, 0.5) is 0 Å². The Kier molecular flexibility index (Phi) is 8.72. The number of nitrogens with two attached hydrogens (primary N) is 1. The van der Waals surface area contributed by atoms with Gasteiger partial charge in [-0.05, 0) is 49.7 Å². The second-order valence-electron chi connectivity index (χ2n) is 6.91. The van der Waals surface area contributed by atoms with E-state index in [-0.39, 0.29) is 11.7 Å². The summed E-state index contributed by atoms with van der Waals surface area (Å²) in [5, 5.41) is 10.2. The monoisotopic (exact) mass is 367 g/mol. The first-order valence-corrected chi connectivity index (χ1v) is 9.65. The van der Waals surface area contributed by atoms with Crippen molar-refractivity contribution in [2.45, 2.75) is 57.5 Å². The van der Waals surface area contributed by atoms with Gasteiger partial charge in [0.15, 0.2) is 5.78 Å². The number of hydrogen-bond donors (Lipinski definition) is 2. The molecule has 0 heterocycles. The number of allylic oxidation sites excluding steroid dienone is 5. The van der Waals surface area contributed by atoms with Crippen molar-refractivity contribution in [1.82, 2.24) is 0 Å². The van der Waals surface area contributed by atoms with Crippen LogP contribution in [0, 0.1) is 0 Å². The summed E-state index contributed by atoms with van der Waals surface area (Å²) < 4.78 is 0. The third-order valence-corrected chi connectivity index (χ3v) is 4.72. The highest BCUT2D eigenvalue weighted by Gasteiger charge is 2.20. The van der Waals surface area contributed by atoms with Gasteiger partial charge in [0.25, 0.3) is 0 Å². The number of carbonyl (C=O) groups is 2. The number of aliphatic hydroxyl groups excluding tert-OH is 1. The number of carbonyl (C=O) groups excluding carboxylic acids is 2. The zero-order chi connectivity index (χ0) is 19.5. The van der Waals surface area contributed by atoms with Gasteiger partial charge < -0.3 is 10.8 Å². The third-order valence-electron chi connectivity index (χ3n) is 4.72. The van der Waals surface area contributed by atoms with Crippen LogP contribution in [0.2, 0.25) is 0 Å². The van der Waals surface area contributed by atoms with Crippen molar-refractivity contribution in [3.8, 4) is 0 Å². The van der Waals surface area contributed by atoms with Crippen LogP contribution in [0.3, 0.4) is 0 Å². The maximum Gasteiger partial charge on any atom is 0.217 e. The number of aliphatic hydroxyl groups is 1. The van der Waals surface area contributed by atoms with Crippen molar-refractivity contribution in [3.05, 3.63) is 71.3 Å². The number of ketones is 1. The van der Waals surface area contributed by atoms with Crippen LogP contribution in [0.15, 0.2) is 65.8 Å². The van der Waals surface area contributed by atoms with Crippen LogP contribution in [-0.2, 0) is 16.0 Å². The molecule has 0 spiro atoms. The predicted octanol–water partition coefficient (Wildman–Crippen LogP) is 3.80. The van der Waals surface area contributed by atoms with Crippen LogP contribution < -0.4 is 5.73 Å². The van der Waals surface area contributed by atoms with Crippen LogP contribution in [0.1, 0.15) is 50.5 Å². The van der Waals surface area contributed by atoms with Crippen molar-refractivity contribution >= 4 is 11.7 Å². The molecular formula is C23H29NO3. The first-order chi connectivity index (χ1) is 13.1. The second-order valence-corrected chi connectivity index (χ2v) is 6.91. The topological polar surface area (TPSA) is 80.4 Å². The van der Waals surface area contributed by atoms with E-state index in [1.54, 1.807) is 6.08 Å². The minimum Gasteiger partial charge on any atom is -0.389 e. The van der Waals surface area contributed by atoms with E-state index < -0.39 is 6.10 Å². The van der Waals surface area contributed by atoms with Crippen LogP contribution in [0.25, 0.3) is 0 Å². The molecule has 2 rings (SSSR count). The van der Waals surface area contributed by atoms with E-state index in [0.717, 1.165) is 36.8 Å². The Morgan fingerprint density at radius 1 is 1.19 bits per heavy atom. The fraction of sp³-hybridized carbons (Fsp3) is 0.391. The molecule has 0 radical (unpaired) electrons. The van der Waals surface area contributed by atoms with E-state index in [0.29, 0.717) is 25.7 Å². The second kappa shape index (κ2) is 11.3. The fourth-order valence-electron chi connectivity index (χ4n) is 3.15. The number of rotatable bonds is 11. The summed E-state index contributed by atoms with van der Waals surface area (Å²) in [6, 6.07) is 10.1. The Morgan fingerprint density at radius 2 is 1.96 bits per heavy atom. The average molecular weight is 367 g/mol. The van der Waals surface area contributed by atoms with Crippen molar-refractivity contribution in [2.24, 2.45) is 5.73 Å². The molecule has 4 nitrogen and oxygen atoms in total. The van der Waals surface area contributed by atoms with Gasteiger partial charge in [-0.25, -0.2) is 0 Å². The van der Waals surface area contributed by atoms with Crippen molar-refractivity contribution in [1.29, 1.82) is 0 Å². The first kappa shape index (κ1) is 20.8. The zero-order valence-electron chi connectivity index (χ0n) is 15.8. The molecule has 27 heavy (non-hydrogen) atoms. The number of primary amides is 1. The molecule has 1 aliphatic carbocycles. The van der Waals surface area contributed by atoms with E-state index in [1.807, 2.05) is 36.4 Å². The van der Waals surface area contributed by atoms with Crippen molar-refractivity contribution < 1.29 is 14.7 Å². The molecule has 0 saturated carbocycles. The summed E-state index contributed by atoms with van der Waals surface area (Å²) in [6.45, 7) is 0. The number of hydrogen-bond acceptors (Lipinski definition) is 3. The predicted molar refractivity (Wildman–Crippen MR) is 108 cm³/mol. The Bertz CT molecular complexity index is 716. The number of aryl methyl sites for hydroxylation is 1. The lowest BCUT2D eigenvalue weighted by Crippen LogP contribution is -2.09. The quantitative estimate of drug-likeness (QED) is 0.461. The molecule has 0 aliphatic heterocycles. The summed E-state index contributed by atoms with van der Waals surface area (Å²) in [7, 11) is 0. The number of amides is 1. The molecule has 0 fully saturated rings. The third kappa shape index (κ3) is 7.75. The van der Waals surface area contributed by atoms with E-state index in [9.17, 15) is 14.7 Å². The molecule has 1 amide bonds. The van der Waals surface area contributed by atoms with Gasteiger partial charge in [0.1, 0.15) is 0 Å². The fourth-order valence-corrected chi connectivity index (χ4v) is 3.15. The van der Waals surface area contributed by atoms with Crippen LogP contribution in [-0.4, -0.2) is 22.9 Å². The summed E-state index contributed by atoms with van der Waals surface area (Å²) >= 11 is 0. The molecule has 0 unspecified atom stereocenters. The van der Waals surface area contributed by atoms with Crippen molar-refractivity contribution in [2.75, 3.05) is 0 Å². The van der Waals surface area contributed by atoms with Crippen LogP contribution in [0.5, 0.6) is 0 Å². The molecule has 1 aliphatic rings. The van der Waals surface area contributed by atoms with E-state index in [2.05, 4.69) is 12.1 Å². The number of benzene rings is 1. The first-order valence-electron chi connectivity index (χ1n) is 9.65. The van der Waals surface area contributed by atoms with Gasteiger partial charge in [-0.2, -0.15) is 0 Å². The molecule has 1 aromatic rings. The maximum atomic E-state index is 12.1. The van der Waals surface area contributed by atoms with Crippen molar-refractivity contribution in [3.63, 3.8) is 0 Å². The van der Waals surface area contributed by atoms with Gasteiger partial charge in [-0.1, -0.05) is 54.6 Å². The molecule has 0 aromatic heterocycles. The zero-order valence-corrected chi connectivity index (χ0v) is 15.8. The summed E-state index contributed by atoms with van der Waals surface area (Å²) in [5.74, 6) is -0.0921. The summed E-state index contributed by atoms with van der Waals surface area (Å²) in [5.41, 5.74) is 8.19. The summed E-state index contributed by atoms with van der Waals surface area (Å²) in [6.07, 6.45) is 12.5.